The van der Waals surface area contributed by atoms with Crippen LogP contribution in [0.5, 0.6) is 0 Å². The molecule has 0 saturated heterocycles. The SMILES string of the molecule is CCCNC(=O)c1cccc(C(=O)N2CCCc3ccc(F)cc32)c1. The summed E-state index contributed by atoms with van der Waals surface area (Å²) in [6, 6.07) is 11.2. The maximum Gasteiger partial charge on any atom is 0.258 e. The molecule has 1 aliphatic rings. The molecular formula is C20H21FN2O2. The van der Waals surface area contributed by atoms with Crippen LogP contribution >= 0.6 is 0 Å². The van der Waals surface area contributed by atoms with E-state index in [0.717, 1.165) is 24.8 Å². The lowest BCUT2D eigenvalue weighted by molar-refractivity contribution is 0.0953. The van der Waals surface area contributed by atoms with Crippen molar-refractivity contribution in [3.8, 4) is 0 Å². The van der Waals surface area contributed by atoms with Crippen LogP contribution in [-0.2, 0) is 6.42 Å². The summed E-state index contributed by atoms with van der Waals surface area (Å²) in [6.45, 7) is 3.12. The van der Waals surface area contributed by atoms with Crippen molar-refractivity contribution in [2.45, 2.75) is 26.2 Å². The van der Waals surface area contributed by atoms with Gasteiger partial charge in [0.25, 0.3) is 11.8 Å². The third kappa shape index (κ3) is 3.71. The van der Waals surface area contributed by atoms with Gasteiger partial charge in [0.05, 0.1) is 5.69 Å². The predicted molar refractivity (Wildman–Crippen MR) is 95.5 cm³/mol. The van der Waals surface area contributed by atoms with E-state index in [-0.39, 0.29) is 17.6 Å². The number of hydrogen-bond acceptors (Lipinski definition) is 2. The molecule has 2 amide bonds. The normalized spacial score (nSPS) is 13.3. The number of carbonyl (C=O) groups excluding carboxylic acids is 2. The Bertz CT molecular complexity index is 804. The zero-order valence-electron chi connectivity index (χ0n) is 14.2. The largest absolute Gasteiger partial charge is 0.352 e. The van der Waals surface area contributed by atoms with Gasteiger partial charge < -0.3 is 10.2 Å². The van der Waals surface area contributed by atoms with E-state index in [1.807, 2.05) is 6.92 Å². The number of nitrogens with one attached hydrogen (secondary N) is 1. The quantitative estimate of drug-likeness (QED) is 0.925. The first-order valence-electron chi connectivity index (χ1n) is 8.58. The van der Waals surface area contributed by atoms with Crippen molar-refractivity contribution in [1.29, 1.82) is 0 Å². The van der Waals surface area contributed by atoms with E-state index in [4.69, 9.17) is 0 Å². The van der Waals surface area contributed by atoms with Crippen molar-refractivity contribution in [3.63, 3.8) is 0 Å². The zero-order valence-corrected chi connectivity index (χ0v) is 14.2. The number of nitrogens with zero attached hydrogens (tertiary/aromatic N) is 1. The van der Waals surface area contributed by atoms with Gasteiger partial charge in [-0.2, -0.15) is 0 Å². The van der Waals surface area contributed by atoms with Gasteiger partial charge in [-0.15, -0.1) is 0 Å². The van der Waals surface area contributed by atoms with E-state index in [1.165, 1.54) is 12.1 Å². The third-order valence-corrected chi connectivity index (χ3v) is 4.32. The molecule has 0 bridgehead atoms. The molecule has 3 rings (SSSR count). The van der Waals surface area contributed by atoms with E-state index in [1.54, 1.807) is 35.2 Å². The average molecular weight is 340 g/mol. The molecule has 1 N–H and O–H groups in total. The van der Waals surface area contributed by atoms with Crippen molar-refractivity contribution in [2.75, 3.05) is 18.0 Å². The number of rotatable bonds is 4. The van der Waals surface area contributed by atoms with Crippen LogP contribution in [0.25, 0.3) is 0 Å². The second kappa shape index (κ2) is 7.47. The third-order valence-electron chi connectivity index (χ3n) is 4.32. The maximum atomic E-state index is 13.6. The number of aryl methyl sites for hydroxylation is 1. The Morgan fingerprint density at radius 1 is 1.16 bits per heavy atom. The molecule has 2 aromatic rings. The smallest absolute Gasteiger partial charge is 0.258 e. The molecule has 130 valence electrons. The Balaban J connectivity index is 1.87. The summed E-state index contributed by atoms with van der Waals surface area (Å²) in [7, 11) is 0. The lowest BCUT2D eigenvalue weighted by Gasteiger charge is -2.29. The van der Waals surface area contributed by atoms with Gasteiger partial charge in [-0.05, 0) is 55.2 Å². The summed E-state index contributed by atoms with van der Waals surface area (Å²) in [6.07, 6.45) is 2.51. The molecule has 1 heterocycles. The molecule has 0 fully saturated rings. The fraction of sp³-hybridized carbons (Fsp3) is 0.300. The number of carbonyl (C=O) groups is 2. The molecule has 0 saturated carbocycles. The predicted octanol–water partition coefficient (Wildman–Crippen LogP) is 3.56. The van der Waals surface area contributed by atoms with Gasteiger partial charge in [0.1, 0.15) is 5.82 Å². The van der Waals surface area contributed by atoms with Crippen molar-refractivity contribution in [3.05, 3.63) is 65.0 Å². The van der Waals surface area contributed by atoms with Crippen molar-refractivity contribution in [1.82, 2.24) is 5.32 Å². The lowest BCUT2D eigenvalue weighted by Crippen LogP contribution is -2.35. The second-order valence-corrected chi connectivity index (χ2v) is 6.17. The summed E-state index contributed by atoms with van der Waals surface area (Å²) >= 11 is 0. The molecule has 0 spiro atoms. The molecule has 1 aliphatic heterocycles. The number of hydrogen-bond donors (Lipinski definition) is 1. The van der Waals surface area contributed by atoms with Crippen LogP contribution in [0.2, 0.25) is 0 Å². The zero-order chi connectivity index (χ0) is 17.8. The molecule has 0 radical (unpaired) electrons. The van der Waals surface area contributed by atoms with Gasteiger partial charge in [0.15, 0.2) is 0 Å². The number of amides is 2. The van der Waals surface area contributed by atoms with Gasteiger partial charge in [-0.3, -0.25) is 9.59 Å². The van der Waals surface area contributed by atoms with Crippen LogP contribution < -0.4 is 10.2 Å². The highest BCUT2D eigenvalue weighted by molar-refractivity contribution is 6.08. The molecule has 0 unspecified atom stereocenters. The average Bonchev–Trinajstić information content (AvgIpc) is 2.65. The van der Waals surface area contributed by atoms with Crippen LogP contribution in [-0.4, -0.2) is 24.9 Å². The molecule has 0 aliphatic carbocycles. The Labute approximate surface area is 146 Å². The Kier molecular flexibility index (Phi) is 5.12. The first-order chi connectivity index (χ1) is 12.1. The molecule has 0 aromatic heterocycles. The van der Waals surface area contributed by atoms with Crippen LogP contribution in [0.4, 0.5) is 10.1 Å². The van der Waals surface area contributed by atoms with Crippen molar-refractivity contribution >= 4 is 17.5 Å². The molecule has 4 nitrogen and oxygen atoms in total. The summed E-state index contributed by atoms with van der Waals surface area (Å²) in [5.74, 6) is -0.760. The van der Waals surface area contributed by atoms with Gasteiger partial charge in [-0.1, -0.05) is 19.1 Å². The van der Waals surface area contributed by atoms with E-state index in [0.29, 0.717) is 29.9 Å². The second-order valence-electron chi connectivity index (χ2n) is 6.17. The van der Waals surface area contributed by atoms with Gasteiger partial charge in [0, 0.05) is 24.2 Å². The van der Waals surface area contributed by atoms with E-state index >= 15 is 0 Å². The van der Waals surface area contributed by atoms with Gasteiger partial charge in [0.2, 0.25) is 0 Å². The summed E-state index contributed by atoms with van der Waals surface area (Å²) in [5.41, 5.74) is 2.48. The number of anilines is 1. The molecular weight excluding hydrogens is 319 g/mol. The monoisotopic (exact) mass is 340 g/mol. The minimum absolute atomic E-state index is 0.193. The van der Waals surface area contributed by atoms with Crippen LogP contribution in [0.3, 0.4) is 0 Å². The number of fused-ring (bicyclic) bond motifs is 1. The maximum absolute atomic E-state index is 13.6. The topological polar surface area (TPSA) is 49.4 Å². The van der Waals surface area contributed by atoms with Gasteiger partial charge >= 0.3 is 0 Å². The van der Waals surface area contributed by atoms with E-state index < -0.39 is 0 Å². The van der Waals surface area contributed by atoms with E-state index in [9.17, 15) is 14.0 Å². The fourth-order valence-corrected chi connectivity index (χ4v) is 3.05. The van der Waals surface area contributed by atoms with Crippen LogP contribution in [0.15, 0.2) is 42.5 Å². The van der Waals surface area contributed by atoms with Crippen molar-refractivity contribution in [2.24, 2.45) is 0 Å². The highest BCUT2D eigenvalue weighted by Crippen LogP contribution is 2.29. The van der Waals surface area contributed by atoms with Gasteiger partial charge in [-0.25, -0.2) is 4.39 Å². The Hall–Kier alpha value is -2.69. The highest BCUT2D eigenvalue weighted by Gasteiger charge is 2.24. The minimum Gasteiger partial charge on any atom is -0.352 e. The highest BCUT2D eigenvalue weighted by atomic mass is 19.1. The molecule has 2 aromatic carbocycles. The first-order valence-corrected chi connectivity index (χ1v) is 8.58. The van der Waals surface area contributed by atoms with Crippen LogP contribution in [0, 0.1) is 5.82 Å². The summed E-state index contributed by atoms with van der Waals surface area (Å²) < 4.78 is 13.6. The van der Waals surface area contributed by atoms with E-state index in [2.05, 4.69) is 5.32 Å². The molecule has 5 heteroatoms. The lowest BCUT2D eigenvalue weighted by atomic mass is 10.00. The standard InChI is InChI=1S/C20H21FN2O2/c1-2-10-22-19(24)15-5-3-6-16(12-15)20(25)23-11-4-7-14-8-9-17(21)13-18(14)23/h3,5-6,8-9,12-13H,2,4,7,10-11H2,1H3,(H,22,24). The van der Waals surface area contributed by atoms with Crippen molar-refractivity contribution < 1.29 is 14.0 Å². The Morgan fingerprint density at radius 2 is 1.96 bits per heavy atom. The fourth-order valence-electron chi connectivity index (χ4n) is 3.05. The number of benzene rings is 2. The summed E-state index contributed by atoms with van der Waals surface area (Å²) in [5, 5.41) is 2.80. The summed E-state index contributed by atoms with van der Waals surface area (Å²) in [4.78, 5) is 26.6. The minimum atomic E-state index is -0.355. The first kappa shape index (κ1) is 17.1. The number of halogens is 1. The van der Waals surface area contributed by atoms with Crippen LogP contribution in [0.1, 0.15) is 46.0 Å². The Morgan fingerprint density at radius 3 is 2.76 bits per heavy atom. The molecule has 0 atom stereocenters. The molecule has 25 heavy (non-hydrogen) atoms.